The number of pyridine rings is 1. The summed E-state index contributed by atoms with van der Waals surface area (Å²) >= 11 is 0. The first-order valence-electron chi connectivity index (χ1n) is 11.6. The predicted octanol–water partition coefficient (Wildman–Crippen LogP) is 3.79. The Labute approximate surface area is 194 Å². The molecule has 1 aliphatic carbocycles. The summed E-state index contributed by atoms with van der Waals surface area (Å²) < 4.78 is 10.7. The highest BCUT2D eigenvalue weighted by atomic mass is 16.5. The molecule has 5 rings (SSSR count). The lowest BCUT2D eigenvalue weighted by molar-refractivity contribution is 0.0383. The Hall–Kier alpha value is -3.22. The molecule has 0 spiro atoms. The molecule has 1 aliphatic heterocycles. The number of amides is 1. The van der Waals surface area contributed by atoms with Gasteiger partial charge < -0.3 is 14.8 Å². The summed E-state index contributed by atoms with van der Waals surface area (Å²) in [7, 11) is 1.67. The molecule has 1 fully saturated rings. The quantitative estimate of drug-likeness (QED) is 0.628. The molecule has 1 amide bonds. The average Bonchev–Trinajstić information content (AvgIpc) is 3.25. The van der Waals surface area contributed by atoms with E-state index in [9.17, 15) is 4.79 Å². The van der Waals surface area contributed by atoms with Crippen LogP contribution in [0, 0.1) is 0 Å². The van der Waals surface area contributed by atoms with Crippen LogP contribution < -0.4 is 10.1 Å². The van der Waals surface area contributed by atoms with Gasteiger partial charge in [-0.25, -0.2) is 4.98 Å². The molecule has 0 bridgehead atoms. The third-order valence-electron chi connectivity index (χ3n) is 6.44. The van der Waals surface area contributed by atoms with Crippen LogP contribution in [0.3, 0.4) is 0 Å². The fraction of sp³-hybridized carbons (Fsp3) is 0.333. The minimum absolute atomic E-state index is 0.0104. The van der Waals surface area contributed by atoms with Gasteiger partial charge in [0.25, 0.3) is 5.91 Å². The molecule has 0 unspecified atom stereocenters. The van der Waals surface area contributed by atoms with Gasteiger partial charge in [0, 0.05) is 31.6 Å². The number of allylic oxidation sites excluding steroid dienone is 1. The highest BCUT2D eigenvalue weighted by molar-refractivity contribution is 6.09. The lowest BCUT2D eigenvalue weighted by atomic mass is 10.00. The van der Waals surface area contributed by atoms with Gasteiger partial charge in [0.15, 0.2) is 0 Å². The maximum absolute atomic E-state index is 13.4. The van der Waals surface area contributed by atoms with Gasteiger partial charge in [-0.2, -0.15) is 0 Å². The Balaban J connectivity index is 1.44. The molecule has 0 saturated carbocycles. The van der Waals surface area contributed by atoms with Gasteiger partial charge in [-0.1, -0.05) is 30.3 Å². The number of hydrogen-bond acceptors (Lipinski definition) is 5. The van der Waals surface area contributed by atoms with E-state index in [1.807, 2.05) is 48.5 Å². The Bertz CT molecular complexity index is 1180. The van der Waals surface area contributed by atoms with E-state index in [0.29, 0.717) is 6.54 Å². The van der Waals surface area contributed by atoms with Crippen molar-refractivity contribution in [2.45, 2.75) is 12.8 Å². The van der Waals surface area contributed by atoms with Crippen molar-refractivity contribution >= 4 is 28.5 Å². The fourth-order valence-corrected chi connectivity index (χ4v) is 4.68. The van der Waals surface area contributed by atoms with E-state index >= 15 is 0 Å². The third kappa shape index (κ3) is 4.63. The number of ether oxygens (including phenoxy) is 2. The van der Waals surface area contributed by atoms with E-state index in [0.717, 1.165) is 84.7 Å². The number of methoxy groups -OCH3 is 1. The van der Waals surface area contributed by atoms with Crippen molar-refractivity contribution in [1.82, 2.24) is 15.2 Å². The molecule has 6 nitrogen and oxygen atoms in total. The zero-order chi connectivity index (χ0) is 22.6. The molecule has 0 radical (unpaired) electrons. The largest absolute Gasteiger partial charge is 0.497 e. The number of nitrogens with zero attached hydrogens (tertiary/aromatic N) is 2. The van der Waals surface area contributed by atoms with Crippen molar-refractivity contribution in [3.8, 4) is 5.75 Å². The zero-order valence-corrected chi connectivity index (χ0v) is 19.0. The monoisotopic (exact) mass is 443 g/mol. The number of fused-ring (bicyclic) bond motifs is 2. The molecule has 3 aromatic rings. The van der Waals surface area contributed by atoms with Crippen LogP contribution in [0.4, 0.5) is 0 Å². The zero-order valence-electron chi connectivity index (χ0n) is 19.0. The number of nitrogens with one attached hydrogen (secondary N) is 1. The van der Waals surface area contributed by atoms with Gasteiger partial charge in [-0.3, -0.25) is 9.69 Å². The SMILES string of the molecule is COc1ccc(/C=C2\CCc3c2nc2ccccc2c3C(=O)NCCN2CCOCC2)cc1. The first kappa shape index (κ1) is 21.6. The maximum Gasteiger partial charge on any atom is 0.252 e. The summed E-state index contributed by atoms with van der Waals surface area (Å²) in [5.74, 6) is 0.827. The van der Waals surface area contributed by atoms with E-state index < -0.39 is 0 Å². The molecule has 33 heavy (non-hydrogen) atoms. The first-order chi connectivity index (χ1) is 16.2. The standard InChI is InChI=1S/C27H29N3O3/c1-32-21-9-6-19(7-10-21)18-20-8-11-23-25(22-4-2-3-5-24(22)29-26(20)23)27(31)28-12-13-30-14-16-33-17-15-30/h2-7,9-10,18H,8,11-17H2,1H3,(H,28,31)/b20-18+. The van der Waals surface area contributed by atoms with Crippen LogP contribution in [0.5, 0.6) is 5.75 Å². The van der Waals surface area contributed by atoms with Crippen molar-refractivity contribution in [2.24, 2.45) is 0 Å². The van der Waals surface area contributed by atoms with Gasteiger partial charge in [-0.15, -0.1) is 0 Å². The van der Waals surface area contributed by atoms with Crippen LogP contribution in [0.2, 0.25) is 0 Å². The lowest BCUT2D eigenvalue weighted by Crippen LogP contribution is -2.41. The average molecular weight is 444 g/mol. The summed E-state index contributed by atoms with van der Waals surface area (Å²) in [4.78, 5) is 20.7. The van der Waals surface area contributed by atoms with Crippen molar-refractivity contribution in [3.63, 3.8) is 0 Å². The smallest absolute Gasteiger partial charge is 0.252 e. The molecule has 2 heterocycles. The summed E-state index contributed by atoms with van der Waals surface area (Å²) in [6.07, 6.45) is 3.87. The number of hydrogen-bond donors (Lipinski definition) is 1. The Morgan fingerprint density at radius 1 is 1.12 bits per heavy atom. The van der Waals surface area contributed by atoms with Gasteiger partial charge >= 0.3 is 0 Å². The second-order valence-corrected chi connectivity index (χ2v) is 8.48. The second kappa shape index (κ2) is 9.73. The van der Waals surface area contributed by atoms with Crippen molar-refractivity contribution in [3.05, 3.63) is 70.9 Å². The number of carbonyl (C=O) groups excluding carboxylic acids is 1. The molecular formula is C27H29N3O3. The predicted molar refractivity (Wildman–Crippen MR) is 131 cm³/mol. The van der Waals surface area contributed by atoms with Crippen molar-refractivity contribution in [2.75, 3.05) is 46.5 Å². The Morgan fingerprint density at radius 2 is 1.91 bits per heavy atom. The van der Waals surface area contributed by atoms with Gasteiger partial charge in [-0.05, 0) is 53.8 Å². The van der Waals surface area contributed by atoms with E-state index in [1.165, 1.54) is 5.57 Å². The molecule has 6 heteroatoms. The molecule has 0 atom stereocenters. The van der Waals surface area contributed by atoms with Gasteiger partial charge in [0.1, 0.15) is 5.75 Å². The van der Waals surface area contributed by atoms with Crippen LogP contribution in [0.15, 0.2) is 48.5 Å². The van der Waals surface area contributed by atoms with Crippen molar-refractivity contribution < 1.29 is 14.3 Å². The van der Waals surface area contributed by atoms with Crippen LogP contribution in [0.25, 0.3) is 22.6 Å². The highest BCUT2D eigenvalue weighted by Crippen LogP contribution is 2.37. The molecule has 170 valence electrons. The number of rotatable bonds is 6. The highest BCUT2D eigenvalue weighted by Gasteiger charge is 2.26. The minimum atomic E-state index is -0.0104. The maximum atomic E-state index is 13.4. The summed E-state index contributed by atoms with van der Waals surface area (Å²) in [6.45, 7) is 4.83. The summed E-state index contributed by atoms with van der Waals surface area (Å²) in [5, 5.41) is 4.08. The van der Waals surface area contributed by atoms with Crippen LogP contribution in [-0.4, -0.2) is 62.3 Å². The van der Waals surface area contributed by atoms with Crippen LogP contribution in [0.1, 0.15) is 33.6 Å². The summed E-state index contributed by atoms with van der Waals surface area (Å²) in [6, 6.07) is 16.0. The molecule has 1 N–H and O–H groups in total. The Morgan fingerprint density at radius 3 is 2.70 bits per heavy atom. The van der Waals surface area contributed by atoms with Gasteiger partial charge in [0.2, 0.25) is 0 Å². The number of aromatic nitrogens is 1. The van der Waals surface area contributed by atoms with Crippen LogP contribution >= 0.6 is 0 Å². The topological polar surface area (TPSA) is 63.7 Å². The molecular weight excluding hydrogens is 414 g/mol. The van der Waals surface area contributed by atoms with E-state index in [2.05, 4.69) is 16.3 Å². The fourth-order valence-electron chi connectivity index (χ4n) is 4.68. The molecule has 2 aliphatic rings. The number of para-hydroxylation sites is 1. The van der Waals surface area contributed by atoms with E-state index in [4.69, 9.17) is 14.5 Å². The summed E-state index contributed by atoms with van der Waals surface area (Å²) in [5.41, 5.74) is 5.90. The molecule has 1 aromatic heterocycles. The second-order valence-electron chi connectivity index (χ2n) is 8.48. The third-order valence-corrected chi connectivity index (χ3v) is 6.44. The normalized spacial score (nSPS) is 17.3. The van der Waals surface area contributed by atoms with E-state index in [-0.39, 0.29) is 5.91 Å². The van der Waals surface area contributed by atoms with Crippen LogP contribution in [-0.2, 0) is 11.2 Å². The van der Waals surface area contributed by atoms with Crippen molar-refractivity contribution in [1.29, 1.82) is 0 Å². The van der Waals surface area contributed by atoms with E-state index in [1.54, 1.807) is 7.11 Å². The number of morpholine rings is 1. The number of benzene rings is 2. The minimum Gasteiger partial charge on any atom is -0.497 e. The molecule has 2 aromatic carbocycles. The number of carbonyl (C=O) groups is 1. The Kier molecular flexibility index (Phi) is 6.37. The first-order valence-corrected chi connectivity index (χ1v) is 11.6. The van der Waals surface area contributed by atoms with Gasteiger partial charge in [0.05, 0.1) is 37.1 Å². The lowest BCUT2D eigenvalue weighted by Gasteiger charge is -2.26. The molecule has 1 saturated heterocycles.